The van der Waals surface area contributed by atoms with Crippen molar-refractivity contribution in [3.05, 3.63) is 18.3 Å². The Kier molecular flexibility index (Phi) is 2.85. The van der Waals surface area contributed by atoms with Crippen molar-refractivity contribution in [1.29, 1.82) is 0 Å². The fraction of sp³-hybridized carbons (Fsp3) is 0.375. The van der Waals surface area contributed by atoms with Crippen LogP contribution in [-0.2, 0) is 0 Å². The molecular formula is C8H10N4O2S. The number of hydrogen-bond acceptors (Lipinski definition) is 6. The number of rotatable bonds is 3. The SMILES string of the molecule is OC(CS)C(O)c1ncnc2nc[nH]c12. The van der Waals surface area contributed by atoms with Crippen molar-refractivity contribution in [1.82, 2.24) is 19.9 Å². The molecule has 2 rings (SSSR count). The van der Waals surface area contributed by atoms with E-state index in [-0.39, 0.29) is 5.75 Å². The first-order valence-corrected chi connectivity index (χ1v) is 4.98. The number of H-pyrrole nitrogens is 1. The largest absolute Gasteiger partial charge is 0.389 e. The lowest BCUT2D eigenvalue weighted by Crippen LogP contribution is -2.21. The average molecular weight is 226 g/mol. The Morgan fingerprint density at radius 3 is 2.87 bits per heavy atom. The van der Waals surface area contributed by atoms with Gasteiger partial charge in [-0.15, -0.1) is 0 Å². The van der Waals surface area contributed by atoms with Gasteiger partial charge < -0.3 is 15.2 Å². The normalized spacial score (nSPS) is 15.4. The Labute approximate surface area is 90.8 Å². The molecule has 6 nitrogen and oxygen atoms in total. The molecule has 0 saturated heterocycles. The van der Waals surface area contributed by atoms with Gasteiger partial charge in [-0.2, -0.15) is 12.6 Å². The highest BCUT2D eigenvalue weighted by Gasteiger charge is 2.21. The molecular weight excluding hydrogens is 216 g/mol. The van der Waals surface area contributed by atoms with Gasteiger partial charge in [-0.1, -0.05) is 0 Å². The van der Waals surface area contributed by atoms with Crippen LogP contribution in [0.1, 0.15) is 11.8 Å². The number of fused-ring (bicyclic) bond motifs is 1. The van der Waals surface area contributed by atoms with Crippen molar-refractivity contribution in [3.8, 4) is 0 Å². The zero-order chi connectivity index (χ0) is 10.8. The van der Waals surface area contributed by atoms with Crippen LogP contribution in [0, 0.1) is 0 Å². The Morgan fingerprint density at radius 2 is 2.13 bits per heavy atom. The van der Waals surface area contributed by atoms with E-state index in [4.69, 9.17) is 0 Å². The van der Waals surface area contributed by atoms with Crippen molar-refractivity contribution in [2.75, 3.05) is 5.75 Å². The van der Waals surface area contributed by atoms with E-state index in [1.807, 2.05) is 0 Å². The summed E-state index contributed by atoms with van der Waals surface area (Å²) in [5.74, 6) is 0.154. The van der Waals surface area contributed by atoms with E-state index in [1.54, 1.807) is 0 Å². The van der Waals surface area contributed by atoms with Gasteiger partial charge in [0.2, 0.25) is 0 Å². The van der Waals surface area contributed by atoms with Crippen LogP contribution < -0.4 is 0 Å². The standard InChI is InChI=1S/C8H10N4O2S/c13-4(1-15)7(14)5-6-8(11-2-9-5)12-3-10-6/h2-4,7,13-15H,1H2,(H,9,10,11,12). The van der Waals surface area contributed by atoms with Crippen LogP contribution in [0.5, 0.6) is 0 Å². The monoisotopic (exact) mass is 226 g/mol. The van der Waals surface area contributed by atoms with Crippen LogP contribution >= 0.6 is 12.6 Å². The molecule has 0 spiro atoms. The highest BCUT2D eigenvalue weighted by Crippen LogP contribution is 2.20. The molecule has 0 aliphatic heterocycles. The van der Waals surface area contributed by atoms with Crippen molar-refractivity contribution in [2.24, 2.45) is 0 Å². The highest BCUT2D eigenvalue weighted by atomic mass is 32.1. The Morgan fingerprint density at radius 1 is 1.33 bits per heavy atom. The summed E-state index contributed by atoms with van der Waals surface area (Å²) in [6.45, 7) is 0. The lowest BCUT2D eigenvalue weighted by atomic mass is 10.1. The Bertz CT molecular complexity index is 461. The molecule has 0 bridgehead atoms. The third-order valence-corrected chi connectivity index (χ3v) is 2.46. The second kappa shape index (κ2) is 4.13. The van der Waals surface area contributed by atoms with Crippen LogP contribution in [0.25, 0.3) is 11.2 Å². The molecule has 0 radical (unpaired) electrons. The first-order chi connectivity index (χ1) is 7.24. The number of nitrogens with one attached hydrogen (secondary N) is 1. The minimum absolute atomic E-state index is 0.154. The topological polar surface area (TPSA) is 94.9 Å². The van der Waals surface area contributed by atoms with Crippen LogP contribution in [-0.4, -0.2) is 42.0 Å². The molecule has 0 aromatic carbocycles. The Hall–Kier alpha value is -1.18. The van der Waals surface area contributed by atoms with Gasteiger partial charge in [-0.25, -0.2) is 15.0 Å². The van der Waals surface area contributed by atoms with Crippen LogP contribution in [0.4, 0.5) is 0 Å². The number of aromatic amines is 1. The summed E-state index contributed by atoms with van der Waals surface area (Å²) in [7, 11) is 0. The quantitative estimate of drug-likeness (QED) is 0.538. The predicted octanol–water partition coefficient (Wildman–Crippen LogP) is -0.323. The number of thiol groups is 1. The van der Waals surface area contributed by atoms with E-state index in [2.05, 4.69) is 32.6 Å². The van der Waals surface area contributed by atoms with Crippen molar-refractivity contribution in [3.63, 3.8) is 0 Å². The zero-order valence-electron chi connectivity index (χ0n) is 7.70. The number of imidazole rings is 1. The Balaban J connectivity index is 2.46. The number of aliphatic hydroxyl groups excluding tert-OH is 2. The molecule has 0 amide bonds. The van der Waals surface area contributed by atoms with E-state index >= 15 is 0 Å². The molecule has 0 aliphatic carbocycles. The van der Waals surface area contributed by atoms with Crippen LogP contribution in [0.15, 0.2) is 12.7 Å². The van der Waals surface area contributed by atoms with E-state index in [1.165, 1.54) is 12.7 Å². The maximum atomic E-state index is 9.77. The summed E-state index contributed by atoms with van der Waals surface area (Å²) in [4.78, 5) is 14.6. The molecule has 3 N–H and O–H groups in total. The van der Waals surface area contributed by atoms with Gasteiger partial charge in [0.1, 0.15) is 23.6 Å². The lowest BCUT2D eigenvalue weighted by molar-refractivity contribution is 0.0319. The molecule has 0 fully saturated rings. The summed E-state index contributed by atoms with van der Waals surface area (Å²) < 4.78 is 0. The minimum Gasteiger partial charge on any atom is -0.389 e. The number of hydrogen-bond donors (Lipinski definition) is 4. The molecule has 7 heteroatoms. The van der Waals surface area contributed by atoms with Gasteiger partial charge >= 0.3 is 0 Å². The van der Waals surface area contributed by atoms with E-state index in [0.717, 1.165) is 0 Å². The fourth-order valence-electron chi connectivity index (χ4n) is 1.29. The lowest BCUT2D eigenvalue weighted by Gasteiger charge is -2.14. The molecule has 0 saturated carbocycles. The number of aromatic nitrogens is 4. The molecule has 2 aromatic heterocycles. The van der Waals surface area contributed by atoms with Crippen molar-refractivity contribution in [2.45, 2.75) is 12.2 Å². The first kappa shape index (κ1) is 10.3. The summed E-state index contributed by atoms with van der Waals surface area (Å²) in [6.07, 6.45) is 0.707. The van der Waals surface area contributed by atoms with E-state index in [0.29, 0.717) is 16.9 Å². The highest BCUT2D eigenvalue weighted by molar-refractivity contribution is 7.80. The van der Waals surface area contributed by atoms with Crippen LogP contribution in [0.2, 0.25) is 0 Å². The smallest absolute Gasteiger partial charge is 0.180 e. The number of aliphatic hydroxyl groups is 2. The minimum atomic E-state index is -1.09. The summed E-state index contributed by atoms with van der Waals surface area (Å²) >= 11 is 3.91. The second-order valence-electron chi connectivity index (χ2n) is 3.05. The molecule has 15 heavy (non-hydrogen) atoms. The maximum Gasteiger partial charge on any atom is 0.180 e. The average Bonchev–Trinajstić information content (AvgIpc) is 2.74. The van der Waals surface area contributed by atoms with Gasteiger partial charge in [-0.3, -0.25) is 0 Å². The maximum absolute atomic E-state index is 9.77. The molecule has 2 aromatic rings. The third kappa shape index (κ3) is 1.81. The zero-order valence-corrected chi connectivity index (χ0v) is 8.59. The van der Waals surface area contributed by atoms with Crippen molar-refractivity contribution < 1.29 is 10.2 Å². The fourth-order valence-corrected chi connectivity index (χ4v) is 1.49. The van der Waals surface area contributed by atoms with E-state index < -0.39 is 12.2 Å². The van der Waals surface area contributed by atoms with Crippen LogP contribution in [0.3, 0.4) is 0 Å². The van der Waals surface area contributed by atoms with Gasteiger partial charge in [-0.05, 0) is 0 Å². The molecule has 2 heterocycles. The molecule has 80 valence electrons. The first-order valence-electron chi connectivity index (χ1n) is 4.35. The molecule has 2 unspecified atom stereocenters. The van der Waals surface area contributed by atoms with E-state index in [9.17, 15) is 10.2 Å². The summed E-state index contributed by atoms with van der Waals surface area (Å²) in [6, 6.07) is 0. The van der Waals surface area contributed by atoms with Crippen molar-refractivity contribution >= 4 is 23.8 Å². The molecule has 0 aliphatic rings. The summed E-state index contributed by atoms with van der Waals surface area (Å²) in [5, 5.41) is 19.2. The van der Waals surface area contributed by atoms with Gasteiger partial charge in [0.15, 0.2) is 5.65 Å². The van der Waals surface area contributed by atoms with Gasteiger partial charge in [0, 0.05) is 5.75 Å². The third-order valence-electron chi connectivity index (χ3n) is 2.08. The number of nitrogens with zero attached hydrogens (tertiary/aromatic N) is 3. The van der Waals surface area contributed by atoms with Gasteiger partial charge in [0.25, 0.3) is 0 Å². The predicted molar refractivity (Wildman–Crippen MR) is 56.5 cm³/mol. The summed E-state index contributed by atoms with van der Waals surface area (Å²) in [5.41, 5.74) is 1.33. The second-order valence-corrected chi connectivity index (χ2v) is 3.42. The van der Waals surface area contributed by atoms with Gasteiger partial charge in [0.05, 0.1) is 12.4 Å². The molecule has 2 atom stereocenters.